The number of rotatable bonds is 4. The SMILES string of the molecule is CC(C)(C)CCc1nc(-c2c[nH]c(C(=O)O)c2)cs1. The molecule has 0 radical (unpaired) electrons. The Kier molecular flexibility index (Phi) is 3.75. The van der Waals surface area contributed by atoms with Crippen LogP contribution in [0.4, 0.5) is 0 Å². The standard InChI is InChI=1S/C14H18N2O2S/c1-14(2,3)5-4-12-16-11(8-19-12)9-6-10(13(17)18)15-7-9/h6-8,15H,4-5H2,1-3H3,(H,17,18). The lowest BCUT2D eigenvalue weighted by molar-refractivity contribution is 0.0691. The Hall–Kier alpha value is -1.62. The third kappa shape index (κ3) is 3.67. The Morgan fingerprint density at radius 3 is 2.79 bits per heavy atom. The Bertz CT molecular complexity index is 578. The smallest absolute Gasteiger partial charge is 0.352 e. The normalized spacial score (nSPS) is 11.7. The number of aryl methyl sites for hydroxylation is 1. The number of nitrogens with one attached hydrogen (secondary N) is 1. The number of carboxylic acid groups (broad SMARTS) is 1. The van der Waals surface area contributed by atoms with Crippen LogP contribution < -0.4 is 0 Å². The molecule has 19 heavy (non-hydrogen) atoms. The van der Waals surface area contributed by atoms with E-state index in [2.05, 4.69) is 30.7 Å². The molecule has 2 heterocycles. The van der Waals surface area contributed by atoms with Crippen LogP contribution in [0.15, 0.2) is 17.6 Å². The number of carboxylic acids is 1. The number of thiazole rings is 1. The van der Waals surface area contributed by atoms with Crippen molar-refractivity contribution >= 4 is 17.3 Å². The average molecular weight is 278 g/mol. The fourth-order valence-corrected chi connectivity index (χ4v) is 2.51. The Balaban J connectivity index is 2.09. The highest BCUT2D eigenvalue weighted by atomic mass is 32.1. The summed E-state index contributed by atoms with van der Waals surface area (Å²) >= 11 is 1.63. The molecule has 0 fully saturated rings. The van der Waals surface area contributed by atoms with Gasteiger partial charge in [0.15, 0.2) is 0 Å². The molecule has 0 amide bonds. The maximum absolute atomic E-state index is 10.8. The molecule has 0 atom stereocenters. The molecule has 0 aliphatic rings. The molecule has 0 spiro atoms. The maximum atomic E-state index is 10.8. The van der Waals surface area contributed by atoms with Crippen LogP contribution in [-0.2, 0) is 6.42 Å². The highest BCUT2D eigenvalue weighted by Crippen LogP contribution is 2.26. The van der Waals surface area contributed by atoms with Crippen LogP contribution in [0.5, 0.6) is 0 Å². The molecule has 102 valence electrons. The first-order valence-electron chi connectivity index (χ1n) is 6.22. The van der Waals surface area contributed by atoms with E-state index in [1.165, 1.54) is 0 Å². The van der Waals surface area contributed by atoms with E-state index in [0.717, 1.165) is 29.1 Å². The van der Waals surface area contributed by atoms with Crippen molar-refractivity contribution < 1.29 is 9.90 Å². The van der Waals surface area contributed by atoms with Crippen molar-refractivity contribution in [1.29, 1.82) is 0 Å². The van der Waals surface area contributed by atoms with Gasteiger partial charge in [-0.2, -0.15) is 0 Å². The number of aromatic amines is 1. The number of aromatic nitrogens is 2. The van der Waals surface area contributed by atoms with Crippen LogP contribution in [0.2, 0.25) is 0 Å². The van der Waals surface area contributed by atoms with Crippen molar-refractivity contribution in [3.8, 4) is 11.3 Å². The van der Waals surface area contributed by atoms with Gasteiger partial charge in [-0.1, -0.05) is 20.8 Å². The second-order valence-corrected chi connectivity index (χ2v) is 6.74. The van der Waals surface area contributed by atoms with Gasteiger partial charge in [0.2, 0.25) is 0 Å². The topological polar surface area (TPSA) is 66.0 Å². The molecule has 0 aliphatic carbocycles. The van der Waals surface area contributed by atoms with E-state index in [0.29, 0.717) is 5.41 Å². The van der Waals surface area contributed by atoms with Gasteiger partial charge in [0.1, 0.15) is 5.69 Å². The highest BCUT2D eigenvalue weighted by molar-refractivity contribution is 7.09. The van der Waals surface area contributed by atoms with Gasteiger partial charge in [-0.15, -0.1) is 11.3 Å². The molecular formula is C14H18N2O2S. The van der Waals surface area contributed by atoms with Crippen molar-refractivity contribution in [2.24, 2.45) is 5.41 Å². The summed E-state index contributed by atoms with van der Waals surface area (Å²) in [6, 6.07) is 1.62. The lowest BCUT2D eigenvalue weighted by Crippen LogP contribution is -2.06. The summed E-state index contributed by atoms with van der Waals surface area (Å²) in [6.45, 7) is 6.65. The molecule has 4 nitrogen and oxygen atoms in total. The van der Waals surface area contributed by atoms with Crippen LogP contribution in [-0.4, -0.2) is 21.0 Å². The van der Waals surface area contributed by atoms with Crippen LogP contribution in [0, 0.1) is 5.41 Å². The summed E-state index contributed by atoms with van der Waals surface area (Å²) < 4.78 is 0. The van der Waals surface area contributed by atoms with Crippen molar-refractivity contribution in [2.45, 2.75) is 33.6 Å². The van der Waals surface area contributed by atoms with Crippen molar-refractivity contribution in [2.75, 3.05) is 0 Å². The number of H-pyrrole nitrogens is 1. The fourth-order valence-electron chi connectivity index (χ4n) is 1.71. The first kappa shape index (κ1) is 13.8. The Morgan fingerprint density at radius 1 is 1.47 bits per heavy atom. The number of nitrogens with zero attached hydrogens (tertiary/aromatic N) is 1. The minimum absolute atomic E-state index is 0.194. The number of hydrogen-bond acceptors (Lipinski definition) is 3. The van der Waals surface area contributed by atoms with Crippen molar-refractivity contribution in [1.82, 2.24) is 9.97 Å². The molecule has 2 N–H and O–H groups in total. The maximum Gasteiger partial charge on any atom is 0.352 e. The predicted molar refractivity (Wildman–Crippen MR) is 76.6 cm³/mol. The lowest BCUT2D eigenvalue weighted by Gasteiger charge is -2.16. The molecular weight excluding hydrogens is 260 g/mol. The van der Waals surface area contributed by atoms with Crippen LogP contribution in [0.3, 0.4) is 0 Å². The van der Waals surface area contributed by atoms with E-state index in [-0.39, 0.29) is 5.69 Å². The van der Waals surface area contributed by atoms with Crippen molar-refractivity contribution in [3.63, 3.8) is 0 Å². The van der Waals surface area contributed by atoms with Crippen LogP contribution in [0.1, 0.15) is 42.7 Å². The van der Waals surface area contributed by atoms with E-state index < -0.39 is 5.97 Å². The molecule has 0 aliphatic heterocycles. The van der Waals surface area contributed by atoms with Crippen LogP contribution >= 0.6 is 11.3 Å². The zero-order valence-corrected chi connectivity index (χ0v) is 12.2. The van der Waals surface area contributed by atoms with Gasteiger partial charge in [-0.25, -0.2) is 9.78 Å². The molecule has 2 aromatic rings. The largest absolute Gasteiger partial charge is 0.477 e. The molecule has 0 bridgehead atoms. The molecule has 5 heteroatoms. The van der Waals surface area contributed by atoms with Gasteiger partial charge in [0, 0.05) is 17.1 Å². The Labute approximate surface area is 116 Å². The monoisotopic (exact) mass is 278 g/mol. The van der Waals surface area contributed by atoms with Crippen molar-refractivity contribution in [3.05, 3.63) is 28.3 Å². The summed E-state index contributed by atoms with van der Waals surface area (Å²) in [5, 5.41) is 12.0. The summed E-state index contributed by atoms with van der Waals surface area (Å²) in [4.78, 5) is 18.1. The number of hydrogen-bond donors (Lipinski definition) is 2. The Morgan fingerprint density at radius 2 is 2.21 bits per heavy atom. The van der Waals surface area contributed by atoms with E-state index >= 15 is 0 Å². The first-order chi connectivity index (χ1) is 8.85. The van der Waals surface area contributed by atoms with Crippen LogP contribution in [0.25, 0.3) is 11.3 Å². The second-order valence-electron chi connectivity index (χ2n) is 5.79. The minimum Gasteiger partial charge on any atom is -0.477 e. The molecule has 0 saturated heterocycles. The molecule has 0 unspecified atom stereocenters. The quantitative estimate of drug-likeness (QED) is 0.893. The predicted octanol–water partition coefficient (Wildman–Crippen LogP) is 3.82. The number of aromatic carboxylic acids is 1. The van der Waals surface area contributed by atoms with E-state index in [1.807, 2.05) is 5.38 Å². The average Bonchev–Trinajstić information content (AvgIpc) is 2.94. The second kappa shape index (κ2) is 5.17. The molecule has 0 aromatic carbocycles. The van der Waals surface area contributed by atoms with E-state index in [1.54, 1.807) is 23.6 Å². The summed E-state index contributed by atoms with van der Waals surface area (Å²) in [5.41, 5.74) is 2.17. The van der Waals surface area contributed by atoms with Gasteiger partial charge >= 0.3 is 5.97 Å². The van der Waals surface area contributed by atoms with Gasteiger partial charge in [0.05, 0.1) is 10.7 Å². The summed E-state index contributed by atoms with van der Waals surface area (Å²) in [5.74, 6) is -0.950. The van der Waals surface area contributed by atoms with Gasteiger partial charge in [-0.05, 0) is 24.3 Å². The molecule has 2 rings (SSSR count). The summed E-state index contributed by atoms with van der Waals surface area (Å²) in [7, 11) is 0. The fraction of sp³-hybridized carbons (Fsp3) is 0.429. The van der Waals surface area contributed by atoms with E-state index in [4.69, 9.17) is 5.11 Å². The number of carbonyl (C=O) groups is 1. The zero-order valence-electron chi connectivity index (χ0n) is 11.4. The minimum atomic E-state index is -0.950. The van der Waals surface area contributed by atoms with Gasteiger partial charge in [-0.3, -0.25) is 0 Å². The van der Waals surface area contributed by atoms with Gasteiger partial charge in [0.25, 0.3) is 0 Å². The molecule has 0 saturated carbocycles. The van der Waals surface area contributed by atoms with Gasteiger partial charge < -0.3 is 10.1 Å². The highest BCUT2D eigenvalue weighted by Gasteiger charge is 2.13. The zero-order chi connectivity index (χ0) is 14.0. The summed E-state index contributed by atoms with van der Waals surface area (Å²) in [6.07, 6.45) is 3.74. The first-order valence-corrected chi connectivity index (χ1v) is 7.09. The third-order valence-electron chi connectivity index (χ3n) is 2.85. The third-order valence-corrected chi connectivity index (χ3v) is 3.76. The van der Waals surface area contributed by atoms with E-state index in [9.17, 15) is 4.79 Å². The molecule has 2 aromatic heterocycles. The lowest BCUT2D eigenvalue weighted by atomic mass is 9.91.